The molecule has 30 heavy (non-hydrogen) atoms. The maximum atomic E-state index is 2.66. The molecular weight excluding hydrogens is 364 g/mol. The van der Waals surface area contributed by atoms with E-state index in [1.54, 1.807) is 0 Å². The summed E-state index contributed by atoms with van der Waals surface area (Å²) in [6, 6.07) is 33.5. The van der Waals surface area contributed by atoms with Crippen molar-refractivity contribution in [2.45, 2.75) is 31.7 Å². The molecule has 2 heteroatoms. The lowest BCUT2D eigenvalue weighted by Gasteiger charge is -2.38. The van der Waals surface area contributed by atoms with E-state index >= 15 is 0 Å². The maximum absolute atomic E-state index is 2.66. The molecule has 1 atom stereocenters. The summed E-state index contributed by atoms with van der Waals surface area (Å²) in [4.78, 5) is 5.32. The monoisotopic (exact) mass is 398 g/mol. The molecule has 156 valence electrons. The standard InChI is InChI=1S/C28H34N2/c1-24(23-25-11-5-2-6-12-25)30-21-19-29(20-22-30)18-17-28(26-13-7-3-8-14-26)27-15-9-4-10-16-27/h2-16,24,28H,17-23H2,1H3. The van der Waals surface area contributed by atoms with Gasteiger partial charge in [0.25, 0.3) is 0 Å². The van der Waals surface area contributed by atoms with Crippen LogP contribution in [0, 0.1) is 0 Å². The molecule has 3 aromatic rings. The van der Waals surface area contributed by atoms with Crippen LogP contribution in [0.1, 0.15) is 36.0 Å². The molecule has 4 rings (SSSR count). The third kappa shape index (κ3) is 5.59. The molecule has 0 spiro atoms. The lowest BCUT2D eigenvalue weighted by Crippen LogP contribution is -2.50. The van der Waals surface area contributed by atoms with E-state index in [-0.39, 0.29) is 0 Å². The van der Waals surface area contributed by atoms with E-state index in [9.17, 15) is 0 Å². The third-order valence-electron chi connectivity index (χ3n) is 6.54. The Morgan fingerprint density at radius 2 is 1.17 bits per heavy atom. The van der Waals surface area contributed by atoms with Gasteiger partial charge in [-0.2, -0.15) is 0 Å². The van der Waals surface area contributed by atoms with Gasteiger partial charge in [-0.05, 0) is 43.0 Å². The van der Waals surface area contributed by atoms with Gasteiger partial charge in [0.1, 0.15) is 0 Å². The van der Waals surface area contributed by atoms with Gasteiger partial charge >= 0.3 is 0 Å². The zero-order valence-corrected chi connectivity index (χ0v) is 18.2. The van der Waals surface area contributed by atoms with Crippen molar-refractivity contribution < 1.29 is 0 Å². The van der Waals surface area contributed by atoms with Gasteiger partial charge in [-0.15, -0.1) is 0 Å². The van der Waals surface area contributed by atoms with Gasteiger partial charge in [0.05, 0.1) is 0 Å². The quantitative estimate of drug-likeness (QED) is 0.497. The Morgan fingerprint density at radius 1 is 0.667 bits per heavy atom. The molecule has 0 aliphatic carbocycles. The van der Waals surface area contributed by atoms with Gasteiger partial charge in [-0.25, -0.2) is 0 Å². The summed E-state index contributed by atoms with van der Waals surface area (Å²) in [5.41, 5.74) is 4.30. The Morgan fingerprint density at radius 3 is 1.70 bits per heavy atom. The summed E-state index contributed by atoms with van der Waals surface area (Å²) >= 11 is 0. The van der Waals surface area contributed by atoms with Crippen molar-refractivity contribution in [2.24, 2.45) is 0 Å². The third-order valence-corrected chi connectivity index (χ3v) is 6.54. The summed E-state index contributed by atoms with van der Waals surface area (Å²) in [5.74, 6) is 0.474. The Hall–Kier alpha value is -2.42. The highest BCUT2D eigenvalue weighted by atomic mass is 15.3. The fraction of sp³-hybridized carbons (Fsp3) is 0.357. The first-order chi connectivity index (χ1) is 14.8. The van der Waals surface area contributed by atoms with Crippen molar-refractivity contribution in [1.82, 2.24) is 9.80 Å². The van der Waals surface area contributed by atoms with E-state index in [4.69, 9.17) is 0 Å². The summed E-state index contributed by atoms with van der Waals surface area (Å²) in [7, 11) is 0. The maximum Gasteiger partial charge on any atom is 0.0113 e. The molecular formula is C28H34N2. The van der Waals surface area contributed by atoms with Gasteiger partial charge in [-0.1, -0.05) is 91.0 Å². The molecule has 1 aliphatic rings. The lowest BCUT2D eigenvalue weighted by atomic mass is 9.88. The number of piperazine rings is 1. The van der Waals surface area contributed by atoms with Crippen LogP contribution >= 0.6 is 0 Å². The Bertz CT molecular complexity index is 815. The number of nitrogens with zero attached hydrogens (tertiary/aromatic N) is 2. The first-order valence-corrected chi connectivity index (χ1v) is 11.4. The molecule has 1 aliphatic heterocycles. The molecule has 1 fully saturated rings. The van der Waals surface area contributed by atoms with Crippen molar-refractivity contribution in [1.29, 1.82) is 0 Å². The minimum atomic E-state index is 0.474. The SMILES string of the molecule is CC(Cc1ccccc1)N1CCN(CCC(c2ccccc2)c2ccccc2)CC1. The summed E-state index contributed by atoms with van der Waals surface area (Å²) in [6.45, 7) is 8.24. The van der Waals surface area contributed by atoms with Crippen LogP contribution in [-0.2, 0) is 6.42 Å². The first kappa shape index (κ1) is 20.8. The van der Waals surface area contributed by atoms with Crippen LogP contribution in [0.25, 0.3) is 0 Å². The largest absolute Gasteiger partial charge is 0.301 e. The van der Waals surface area contributed by atoms with Crippen LogP contribution in [0.15, 0.2) is 91.0 Å². The molecule has 0 radical (unpaired) electrons. The van der Waals surface area contributed by atoms with Crippen LogP contribution in [0.3, 0.4) is 0 Å². The molecule has 0 N–H and O–H groups in total. The normalized spacial score (nSPS) is 16.6. The minimum absolute atomic E-state index is 0.474. The number of hydrogen-bond acceptors (Lipinski definition) is 2. The minimum Gasteiger partial charge on any atom is -0.301 e. The highest BCUT2D eigenvalue weighted by Gasteiger charge is 2.22. The Kier molecular flexibility index (Phi) is 7.34. The summed E-state index contributed by atoms with van der Waals surface area (Å²) < 4.78 is 0. The number of benzene rings is 3. The predicted molar refractivity (Wildman–Crippen MR) is 127 cm³/mol. The van der Waals surface area contributed by atoms with Crippen LogP contribution in [-0.4, -0.2) is 48.6 Å². The van der Waals surface area contributed by atoms with E-state index in [2.05, 4.69) is 108 Å². The molecule has 0 aromatic heterocycles. The average molecular weight is 399 g/mol. The van der Waals surface area contributed by atoms with E-state index in [0.717, 1.165) is 13.0 Å². The van der Waals surface area contributed by atoms with E-state index in [1.807, 2.05) is 0 Å². The van der Waals surface area contributed by atoms with Gasteiger partial charge < -0.3 is 4.90 Å². The highest BCUT2D eigenvalue weighted by Crippen LogP contribution is 2.28. The predicted octanol–water partition coefficient (Wildman–Crippen LogP) is 5.46. The molecule has 1 unspecified atom stereocenters. The lowest BCUT2D eigenvalue weighted by molar-refractivity contribution is 0.101. The highest BCUT2D eigenvalue weighted by molar-refractivity contribution is 5.32. The van der Waals surface area contributed by atoms with Crippen molar-refractivity contribution >= 4 is 0 Å². The van der Waals surface area contributed by atoms with Gasteiger partial charge in [-0.3, -0.25) is 4.90 Å². The molecule has 1 saturated heterocycles. The second-order valence-electron chi connectivity index (χ2n) is 8.58. The molecule has 2 nitrogen and oxygen atoms in total. The average Bonchev–Trinajstić information content (AvgIpc) is 2.82. The van der Waals surface area contributed by atoms with Crippen LogP contribution in [0.4, 0.5) is 0 Å². The summed E-state index contributed by atoms with van der Waals surface area (Å²) in [6.07, 6.45) is 2.32. The molecule has 1 heterocycles. The zero-order valence-electron chi connectivity index (χ0n) is 18.2. The fourth-order valence-electron chi connectivity index (χ4n) is 4.72. The van der Waals surface area contributed by atoms with Gasteiger partial charge in [0.15, 0.2) is 0 Å². The molecule has 0 bridgehead atoms. The Labute approximate surface area is 182 Å². The van der Waals surface area contributed by atoms with Crippen molar-refractivity contribution in [3.05, 3.63) is 108 Å². The first-order valence-electron chi connectivity index (χ1n) is 11.4. The topological polar surface area (TPSA) is 6.48 Å². The van der Waals surface area contributed by atoms with E-state index in [1.165, 1.54) is 49.3 Å². The molecule has 0 amide bonds. The Balaban J connectivity index is 1.31. The van der Waals surface area contributed by atoms with Crippen molar-refractivity contribution in [3.63, 3.8) is 0 Å². The van der Waals surface area contributed by atoms with Crippen LogP contribution in [0.2, 0.25) is 0 Å². The zero-order chi connectivity index (χ0) is 20.6. The molecule has 0 saturated carbocycles. The van der Waals surface area contributed by atoms with E-state index in [0.29, 0.717) is 12.0 Å². The van der Waals surface area contributed by atoms with Gasteiger partial charge in [0, 0.05) is 38.1 Å². The van der Waals surface area contributed by atoms with Gasteiger partial charge in [0.2, 0.25) is 0 Å². The summed E-state index contributed by atoms with van der Waals surface area (Å²) in [5, 5.41) is 0. The second-order valence-corrected chi connectivity index (χ2v) is 8.58. The van der Waals surface area contributed by atoms with E-state index < -0.39 is 0 Å². The number of rotatable bonds is 8. The van der Waals surface area contributed by atoms with Crippen LogP contribution < -0.4 is 0 Å². The van der Waals surface area contributed by atoms with Crippen LogP contribution in [0.5, 0.6) is 0 Å². The molecule has 3 aromatic carbocycles. The van der Waals surface area contributed by atoms with Crippen molar-refractivity contribution in [2.75, 3.05) is 32.7 Å². The second kappa shape index (κ2) is 10.6. The van der Waals surface area contributed by atoms with Crippen molar-refractivity contribution in [3.8, 4) is 0 Å². The number of hydrogen-bond donors (Lipinski definition) is 0. The fourth-order valence-corrected chi connectivity index (χ4v) is 4.72. The smallest absolute Gasteiger partial charge is 0.0113 e.